The maximum Gasteiger partial charge on any atom is 0.268 e. The summed E-state index contributed by atoms with van der Waals surface area (Å²) in [4.78, 5) is 25.6. The first kappa shape index (κ1) is 17.9. The molecule has 6 nitrogen and oxygen atoms in total. The van der Waals surface area contributed by atoms with E-state index >= 15 is 0 Å². The summed E-state index contributed by atoms with van der Waals surface area (Å²) in [6.45, 7) is 0.392. The predicted molar refractivity (Wildman–Crippen MR) is 110 cm³/mol. The number of carbonyl (C=O) groups is 1. The minimum atomic E-state index is -0.222. The van der Waals surface area contributed by atoms with Gasteiger partial charge in [-0.05, 0) is 29.8 Å². The van der Waals surface area contributed by atoms with E-state index in [4.69, 9.17) is 4.74 Å². The van der Waals surface area contributed by atoms with E-state index in [0.717, 1.165) is 27.7 Å². The molecule has 0 fully saturated rings. The Hall–Kier alpha value is -3.54. The van der Waals surface area contributed by atoms with Gasteiger partial charge in [-0.15, -0.1) is 0 Å². The number of nitrogens with one attached hydrogen (secondary N) is 1. The van der Waals surface area contributed by atoms with Crippen LogP contribution in [-0.2, 0) is 20.6 Å². The molecule has 4 rings (SSSR count). The lowest BCUT2D eigenvalue weighted by Gasteiger charge is -2.09. The van der Waals surface area contributed by atoms with Gasteiger partial charge >= 0.3 is 0 Å². The number of methoxy groups -OCH3 is 1. The van der Waals surface area contributed by atoms with Crippen LogP contribution in [0.1, 0.15) is 16.1 Å². The van der Waals surface area contributed by atoms with Crippen LogP contribution in [0.4, 0.5) is 0 Å². The minimum absolute atomic E-state index is 0.112. The lowest BCUT2D eigenvalue weighted by Crippen LogP contribution is -2.24. The molecule has 0 bridgehead atoms. The number of aryl methyl sites for hydroxylation is 2. The smallest absolute Gasteiger partial charge is 0.268 e. The molecule has 0 aliphatic heterocycles. The molecule has 28 heavy (non-hydrogen) atoms. The van der Waals surface area contributed by atoms with Gasteiger partial charge in [0.1, 0.15) is 11.4 Å². The maximum absolute atomic E-state index is 12.8. The van der Waals surface area contributed by atoms with Gasteiger partial charge < -0.3 is 19.2 Å². The number of pyridine rings is 1. The topological polar surface area (TPSA) is 65.3 Å². The third-order valence-corrected chi connectivity index (χ3v) is 5.13. The van der Waals surface area contributed by atoms with E-state index in [0.29, 0.717) is 17.6 Å². The number of hydrogen-bond acceptors (Lipinski definition) is 3. The van der Waals surface area contributed by atoms with Gasteiger partial charge in [-0.2, -0.15) is 0 Å². The van der Waals surface area contributed by atoms with Crippen molar-refractivity contribution in [3.05, 3.63) is 76.2 Å². The first-order chi connectivity index (χ1) is 13.5. The molecular weight excluding hydrogens is 354 g/mol. The summed E-state index contributed by atoms with van der Waals surface area (Å²) in [5, 5.41) is 4.41. The number of benzene rings is 2. The molecule has 142 valence electrons. The number of ether oxygens (including phenoxy) is 1. The van der Waals surface area contributed by atoms with Gasteiger partial charge in [0.15, 0.2) is 0 Å². The number of carbonyl (C=O) groups excluding carboxylic acids is 1. The van der Waals surface area contributed by atoms with Crippen molar-refractivity contribution in [1.29, 1.82) is 0 Å². The van der Waals surface area contributed by atoms with Gasteiger partial charge in [0.2, 0.25) is 0 Å². The molecule has 6 heteroatoms. The van der Waals surface area contributed by atoms with Crippen LogP contribution in [0.3, 0.4) is 0 Å². The fraction of sp³-hybridized carbons (Fsp3) is 0.182. The normalized spacial score (nSPS) is 11.1. The standard InChI is InChI=1S/C22H21N3O3/c1-24-19(21(26)23-13-14-8-10-15(28-3)11-9-14)12-17-20(24)16-6-4-5-7-18(16)25(2)22(17)27/h4-12H,13H2,1-3H3,(H,23,26). The van der Waals surface area contributed by atoms with Crippen molar-refractivity contribution in [1.82, 2.24) is 14.5 Å². The van der Waals surface area contributed by atoms with Gasteiger partial charge in [-0.3, -0.25) is 9.59 Å². The minimum Gasteiger partial charge on any atom is -0.497 e. The number of para-hydroxylation sites is 1. The van der Waals surface area contributed by atoms with Gasteiger partial charge in [0.25, 0.3) is 11.5 Å². The van der Waals surface area contributed by atoms with Crippen molar-refractivity contribution in [2.24, 2.45) is 14.1 Å². The molecule has 0 atom stereocenters. The van der Waals surface area contributed by atoms with E-state index in [1.165, 1.54) is 0 Å². The Balaban J connectivity index is 1.71. The van der Waals surface area contributed by atoms with Crippen LogP contribution in [0.2, 0.25) is 0 Å². The average Bonchev–Trinajstić information content (AvgIpc) is 3.08. The Kier molecular flexibility index (Phi) is 4.39. The zero-order chi connectivity index (χ0) is 19.8. The summed E-state index contributed by atoms with van der Waals surface area (Å²) in [6, 6.07) is 16.9. The van der Waals surface area contributed by atoms with E-state index in [9.17, 15) is 9.59 Å². The number of fused-ring (bicyclic) bond motifs is 3. The van der Waals surface area contributed by atoms with Gasteiger partial charge in [-0.1, -0.05) is 30.3 Å². The fourth-order valence-electron chi connectivity index (χ4n) is 3.58. The Labute approximate surface area is 162 Å². The number of rotatable bonds is 4. The summed E-state index contributed by atoms with van der Waals surface area (Å²) < 4.78 is 8.56. The van der Waals surface area contributed by atoms with Crippen molar-refractivity contribution in [2.45, 2.75) is 6.54 Å². The van der Waals surface area contributed by atoms with Crippen LogP contribution in [-0.4, -0.2) is 22.2 Å². The molecule has 0 aliphatic rings. The SMILES string of the molecule is COc1ccc(CNC(=O)c2cc3c(=O)n(C)c4ccccc4c3n2C)cc1. The largest absolute Gasteiger partial charge is 0.497 e. The van der Waals surface area contributed by atoms with Crippen molar-refractivity contribution in [3.63, 3.8) is 0 Å². The molecule has 2 aromatic carbocycles. The van der Waals surface area contributed by atoms with E-state index < -0.39 is 0 Å². The third kappa shape index (κ3) is 2.83. The quantitative estimate of drug-likeness (QED) is 0.596. The van der Waals surface area contributed by atoms with Gasteiger partial charge in [0, 0.05) is 26.0 Å². The average molecular weight is 375 g/mol. The second kappa shape index (κ2) is 6.88. The van der Waals surface area contributed by atoms with E-state index in [1.54, 1.807) is 29.4 Å². The monoisotopic (exact) mass is 375 g/mol. The summed E-state index contributed by atoms with van der Waals surface area (Å²) in [6.07, 6.45) is 0. The lowest BCUT2D eigenvalue weighted by molar-refractivity contribution is 0.0943. The van der Waals surface area contributed by atoms with Crippen molar-refractivity contribution < 1.29 is 9.53 Å². The van der Waals surface area contributed by atoms with Crippen molar-refractivity contribution in [2.75, 3.05) is 7.11 Å². The zero-order valence-electron chi connectivity index (χ0n) is 16.0. The van der Waals surface area contributed by atoms with Crippen LogP contribution in [0, 0.1) is 0 Å². The van der Waals surface area contributed by atoms with Gasteiger partial charge in [0.05, 0.1) is 23.5 Å². The zero-order valence-corrected chi connectivity index (χ0v) is 16.0. The Morgan fingerprint density at radius 1 is 1.00 bits per heavy atom. The molecule has 0 unspecified atom stereocenters. The molecule has 2 heterocycles. The highest BCUT2D eigenvalue weighted by Gasteiger charge is 2.18. The van der Waals surface area contributed by atoms with Crippen LogP contribution >= 0.6 is 0 Å². The van der Waals surface area contributed by atoms with Crippen molar-refractivity contribution >= 4 is 27.7 Å². The number of nitrogens with zero attached hydrogens (tertiary/aromatic N) is 2. The maximum atomic E-state index is 12.8. The summed E-state index contributed by atoms with van der Waals surface area (Å²) in [5.41, 5.74) is 2.92. The molecule has 1 N–H and O–H groups in total. The molecular formula is C22H21N3O3. The molecule has 4 aromatic rings. The molecule has 0 saturated heterocycles. The molecule has 1 amide bonds. The highest BCUT2D eigenvalue weighted by molar-refractivity contribution is 6.08. The second-order valence-corrected chi connectivity index (χ2v) is 6.76. The second-order valence-electron chi connectivity index (χ2n) is 6.76. The molecule has 0 spiro atoms. The highest BCUT2D eigenvalue weighted by atomic mass is 16.5. The summed E-state index contributed by atoms with van der Waals surface area (Å²) in [7, 11) is 5.18. The van der Waals surface area contributed by atoms with E-state index in [1.807, 2.05) is 55.6 Å². The molecule has 0 saturated carbocycles. The highest BCUT2D eigenvalue weighted by Crippen LogP contribution is 2.25. The van der Waals surface area contributed by atoms with Crippen LogP contribution in [0.5, 0.6) is 5.75 Å². The van der Waals surface area contributed by atoms with Crippen LogP contribution in [0.25, 0.3) is 21.8 Å². The van der Waals surface area contributed by atoms with Crippen LogP contribution in [0.15, 0.2) is 59.4 Å². The first-order valence-corrected chi connectivity index (χ1v) is 8.99. The number of amides is 1. The predicted octanol–water partition coefficient (Wildman–Crippen LogP) is 2.97. The van der Waals surface area contributed by atoms with Crippen LogP contribution < -0.4 is 15.6 Å². The Bertz CT molecular complexity index is 1250. The Morgan fingerprint density at radius 3 is 2.43 bits per heavy atom. The molecule has 0 aliphatic carbocycles. The Morgan fingerprint density at radius 2 is 1.71 bits per heavy atom. The summed E-state index contributed by atoms with van der Waals surface area (Å²) >= 11 is 0. The van der Waals surface area contributed by atoms with E-state index in [-0.39, 0.29) is 11.5 Å². The third-order valence-electron chi connectivity index (χ3n) is 5.13. The van der Waals surface area contributed by atoms with E-state index in [2.05, 4.69) is 5.32 Å². The summed E-state index contributed by atoms with van der Waals surface area (Å²) in [5.74, 6) is 0.548. The lowest BCUT2D eigenvalue weighted by atomic mass is 10.1. The molecule has 0 radical (unpaired) electrons. The molecule has 2 aromatic heterocycles. The van der Waals surface area contributed by atoms with Crippen molar-refractivity contribution in [3.8, 4) is 5.75 Å². The fourth-order valence-corrected chi connectivity index (χ4v) is 3.58. The number of hydrogen-bond donors (Lipinski definition) is 1. The number of aromatic nitrogens is 2. The first-order valence-electron chi connectivity index (χ1n) is 8.99. The van der Waals surface area contributed by atoms with Gasteiger partial charge in [-0.25, -0.2) is 0 Å².